The molecule has 130 valence electrons. The van der Waals surface area contributed by atoms with Crippen molar-refractivity contribution in [2.24, 2.45) is 0 Å². The summed E-state index contributed by atoms with van der Waals surface area (Å²) in [7, 11) is 1.67. The molecule has 0 aliphatic rings. The van der Waals surface area contributed by atoms with E-state index in [1.54, 1.807) is 7.11 Å². The third-order valence-corrected chi connectivity index (χ3v) is 4.69. The Hall–Kier alpha value is -1.51. The summed E-state index contributed by atoms with van der Waals surface area (Å²) in [5.74, 6) is 0.102. The first kappa shape index (κ1) is 19.5. The lowest BCUT2D eigenvalue weighted by Gasteiger charge is -2.34. The molecule has 0 radical (unpaired) electrons. The van der Waals surface area contributed by atoms with E-state index >= 15 is 0 Å². The zero-order chi connectivity index (χ0) is 17.1. The molecule has 3 nitrogen and oxygen atoms in total. The fourth-order valence-corrected chi connectivity index (χ4v) is 3.47. The van der Waals surface area contributed by atoms with Crippen molar-refractivity contribution in [1.82, 2.24) is 0 Å². The quantitative estimate of drug-likeness (QED) is 0.512. The van der Waals surface area contributed by atoms with Gasteiger partial charge in [0.25, 0.3) is 0 Å². The highest BCUT2D eigenvalue weighted by atomic mass is 16.5. The van der Waals surface area contributed by atoms with Crippen LogP contribution in [0.1, 0.15) is 77.2 Å². The van der Waals surface area contributed by atoms with E-state index in [4.69, 9.17) is 4.74 Å². The Balaban J connectivity index is 3.18. The molecule has 0 aromatic heterocycles. The molecule has 1 aromatic rings. The molecule has 1 rings (SSSR count). The average molecular weight is 320 g/mol. The Morgan fingerprint density at radius 3 is 2.09 bits per heavy atom. The second-order valence-corrected chi connectivity index (χ2v) is 6.47. The minimum atomic E-state index is -0.719. The van der Waals surface area contributed by atoms with E-state index in [0.29, 0.717) is 0 Å². The van der Waals surface area contributed by atoms with Gasteiger partial charge >= 0.3 is 5.97 Å². The third-order valence-electron chi connectivity index (χ3n) is 4.69. The van der Waals surface area contributed by atoms with Crippen LogP contribution in [0.2, 0.25) is 0 Å². The number of aliphatic carboxylic acids is 1. The van der Waals surface area contributed by atoms with Crippen LogP contribution >= 0.6 is 0 Å². The van der Waals surface area contributed by atoms with Crippen LogP contribution in [0.4, 0.5) is 0 Å². The number of hydrogen-bond donors (Lipinski definition) is 1. The predicted octanol–water partition coefficient (Wildman–Crippen LogP) is 5.57. The maximum Gasteiger partial charge on any atom is 0.304 e. The molecule has 0 amide bonds. The minimum Gasteiger partial charge on any atom is -0.496 e. The number of methoxy groups -OCH3 is 1. The number of hydrogen-bond acceptors (Lipinski definition) is 2. The first-order valence-corrected chi connectivity index (χ1v) is 8.95. The van der Waals surface area contributed by atoms with Crippen LogP contribution in [0.15, 0.2) is 24.3 Å². The van der Waals surface area contributed by atoms with Gasteiger partial charge in [-0.2, -0.15) is 0 Å². The Morgan fingerprint density at radius 2 is 1.61 bits per heavy atom. The molecule has 0 bridgehead atoms. The first-order valence-electron chi connectivity index (χ1n) is 8.95. The van der Waals surface area contributed by atoms with E-state index in [2.05, 4.69) is 19.9 Å². The van der Waals surface area contributed by atoms with Gasteiger partial charge in [0.1, 0.15) is 5.75 Å². The van der Waals surface area contributed by atoms with Crippen LogP contribution in [-0.4, -0.2) is 18.2 Å². The van der Waals surface area contributed by atoms with Crippen molar-refractivity contribution in [3.63, 3.8) is 0 Å². The van der Waals surface area contributed by atoms with Gasteiger partial charge in [-0.1, -0.05) is 70.6 Å². The molecule has 0 spiro atoms. The standard InChI is InChI=1S/C20H32O3/c1-4-6-10-14-20(16-19(21)22,15-11-7-5-2)17-12-8-9-13-18(17)23-3/h8-9,12-13H,4-7,10-11,14-16H2,1-3H3,(H,21,22). The number of carboxylic acids is 1. The summed E-state index contributed by atoms with van der Waals surface area (Å²) in [5.41, 5.74) is 0.750. The summed E-state index contributed by atoms with van der Waals surface area (Å²) >= 11 is 0. The Labute approximate surface area is 141 Å². The van der Waals surface area contributed by atoms with Crippen molar-refractivity contribution >= 4 is 5.97 Å². The van der Waals surface area contributed by atoms with Gasteiger partial charge in [0.05, 0.1) is 13.5 Å². The number of benzene rings is 1. The first-order chi connectivity index (χ1) is 11.1. The SMILES string of the molecule is CCCCCC(CCCCC)(CC(=O)O)c1ccccc1OC. The average Bonchev–Trinajstić information content (AvgIpc) is 2.54. The molecule has 0 saturated heterocycles. The van der Waals surface area contributed by atoms with Crippen LogP contribution in [0.3, 0.4) is 0 Å². The molecule has 0 fully saturated rings. The molecule has 1 N–H and O–H groups in total. The highest BCUT2D eigenvalue weighted by Crippen LogP contribution is 2.43. The van der Waals surface area contributed by atoms with Crippen LogP contribution in [-0.2, 0) is 10.2 Å². The van der Waals surface area contributed by atoms with E-state index in [1.807, 2.05) is 18.2 Å². The van der Waals surface area contributed by atoms with Crippen LogP contribution in [0, 0.1) is 0 Å². The Morgan fingerprint density at radius 1 is 1.04 bits per heavy atom. The van der Waals surface area contributed by atoms with Crippen molar-refractivity contribution in [3.8, 4) is 5.75 Å². The zero-order valence-electron chi connectivity index (χ0n) is 14.9. The Kier molecular flexibility index (Phi) is 8.75. The van der Waals surface area contributed by atoms with Gasteiger partial charge in [0.2, 0.25) is 0 Å². The number of ether oxygens (including phenoxy) is 1. The Bertz CT molecular complexity index is 458. The van der Waals surface area contributed by atoms with E-state index in [0.717, 1.165) is 62.7 Å². The second-order valence-electron chi connectivity index (χ2n) is 6.47. The number of carbonyl (C=O) groups is 1. The van der Waals surface area contributed by atoms with Gasteiger partial charge < -0.3 is 9.84 Å². The highest BCUT2D eigenvalue weighted by Gasteiger charge is 2.36. The molecule has 3 heteroatoms. The number of unbranched alkanes of at least 4 members (excludes halogenated alkanes) is 4. The third kappa shape index (κ3) is 5.89. The van der Waals surface area contributed by atoms with Crippen molar-refractivity contribution in [2.45, 2.75) is 77.0 Å². The van der Waals surface area contributed by atoms with Crippen molar-refractivity contribution in [3.05, 3.63) is 29.8 Å². The van der Waals surface area contributed by atoms with E-state index < -0.39 is 5.97 Å². The molecule has 23 heavy (non-hydrogen) atoms. The fraction of sp³-hybridized carbons (Fsp3) is 0.650. The van der Waals surface area contributed by atoms with Gasteiger partial charge in [-0.25, -0.2) is 0 Å². The summed E-state index contributed by atoms with van der Waals surface area (Å²) in [5, 5.41) is 9.55. The van der Waals surface area contributed by atoms with Crippen LogP contribution in [0.25, 0.3) is 0 Å². The summed E-state index contributed by atoms with van der Waals surface area (Å²) in [6.07, 6.45) is 8.71. The van der Waals surface area contributed by atoms with Gasteiger partial charge in [-0.05, 0) is 18.9 Å². The molecule has 1 aromatic carbocycles. The fourth-order valence-electron chi connectivity index (χ4n) is 3.47. The lowest BCUT2D eigenvalue weighted by Crippen LogP contribution is -2.30. The summed E-state index contributed by atoms with van der Waals surface area (Å²) < 4.78 is 5.55. The smallest absolute Gasteiger partial charge is 0.304 e. The zero-order valence-corrected chi connectivity index (χ0v) is 14.9. The lowest BCUT2D eigenvalue weighted by molar-refractivity contribution is -0.138. The van der Waals surface area contributed by atoms with E-state index in [-0.39, 0.29) is 11.8 Å². The topological polar surface area (TPSA) is 46.5 Å². The van der Waals surface area contributed by atoms with Crippen LogP contribution in [0.5, 0.6) is 5.75 Å². The molecule has 0 aliphatic heterocycles. The van der Waals surface area contributed by atoms with Gasteiger partial charge in [0.15, 0.2) is 0 Å². The van der Waals surface area contributed by atoms with Crippen molar-refractivity contribution < 1.29 is 14.6 Å². The van der Waals surface area contributed by atoms with Gasteiger partial charge in [-0.3, -0.25) is 4.79 Å². The summed E-state index contributed by atoms with van der Waals surface area (Å²) in [6, 6.07) is 7.95. The van der Waals surface area contributed by atoms with Crippen LogP contribution < -0.4 is 4.74 Å². The second kappa shape index (κ2) is 10.3. The molecule has 0 aliphatic carbocycles. The van der Waals surface area contributed by atoms with Crippen molar-refractivity contribution in [2.75, 3.05) is 7.11 Å². The number of carboxylic acid groups (broad SMARTS) is 1. The maximum absolute atomic E-state index is 11.6. The van der Waals surface area contributed by atoms with E-state index in [1.165, 1.54) is 0 Å². The molecule has 0 heterocycles. The van der Waals surface area contributed by atoms with E-state index in [9.17, 15) is 9.90 Å². The molecular weight excluding hydrogens is 288 g/mol. The lowest BCUT2D eigenvalue weighted by atomic mass is 9.70. The number of rotatable bonds is 12. The summed E-state index contributed by atoms with van der Waals surface area (Å²) in [6.45, 7) is 4.36. The monoisotopic (exact) mass is 320 g/mol. The predicted molar refractivity (Wildman–Crippen MR) is 95.2 cm³/mol. The highest BCUT2D eigenvalue weighted by molar-refractivity contribution is 5.69. The van der Waals surface area contributed by atoms with Gasteiger partial charge in [0, 0.05) is 11.0 Å². The molecule has 0 unspecified atom stereocenters. The minimum absolute atomic E-state index is 0.181. The molecule has 0 saturated carbocycles. The maximum atomic E-state index is 11.6. The number of para-hydroxylation sites is 1. The largest absolute Gasteiger partial charge is 0.496 e. The van der Waals surface area contributed by atoms with Crippen molar-refractivity contribution in [1.29, 1.82) is 0 Å². The summed E-state index contributed by atoms with van der Waals surface area (Å²) in [4.78, 5) is 11.6. The van der Waals surface area contributed by atoms with Gasteiger partial charge in [-0.15, -0.1) is 0 Å². The molecular formula is C20H32O3. The normalized spacial score (nSPS) is 11.4. The molecule has 0 atom stereocenters.